The molecule has 1 saturated carbocycles. The van der Waals surface area contributed by atoms with Gasteiger partial charge in [-0.25, -0.2) is 0 Å². The molecule has 1 aromatic heterocycles. The van der Waals surface area contributed by atoms with Crippen molar-refractivity contribution in [1.82, 2.24) is 10.2 Å². The predicted octanol–water partition coefficient (Wildman–Crippen LogP) is 2.32. The highest BCUT2D eigenvalue weighted by molar-refractivity contribution is 5.92. The average molecular weight is 224 g/mol. The van der Waals surface area contributed by atoms with Gasteiger partial charge in [0.25, 0.3) is 0 Å². The largest absolute Gasteiger partial charge is 0.382 e. The summed E-state index contributed by atoms with van der Waals surface area (Å²) in [6.07, 6.45) is 2.57. The summed E-state index contributed by atoms with van der Waals surface area (Å²) in [5, 5.41) is 21.4. The summed E-state index contributed by atoms with van der Waals surface area (Å²) in [4.78, 5) is 0. The zero-order chi connectivity index (χ0) is 11.7. The minimum atomic E-state index is 0.379. The molecule has 1 aliphatic rings. The summed E-state index contributed by atoms with van der Waals surface area (Å²) in [5.41, 5.74) is 2.03. The molecular formula is C13H12N4. The Hall–Kier alpha value is -2.15. The zero-order valence-corrected chi connectivity index (χ0v) is 9.35. The van der Waals surface area contributed by atoms with Crippen molar-refractivity contribution >= 4 is 16.6 Å². The van der Waals surface area contributed by atoms with E-state index in [1.807, 2.05) is 24.3 Å². The second-order valence-electron chi connectivity index (χ2n) is 4.38. The molecule has 0 bridgehead atoms. The van der Waals surface area contributed by atoms with E-state index in [4.69, 9.17) is 5.26 Å². The first kappa shape index (κ1) is 10.0. The van der Waals surface area contributed by atoms with Crippen LogP contribution < -0.4 is 5.32 Å². The van der Waals surface area contributed by atoms with Crippen LogP contribution in [0.25, 0.3) is 10.9 Å². The number of benzene rings is 1. The molecule has 0 radical (unpaired) electrons. The second-order valence-corrected chi connectivity index (χ2v) is 4.38. The van der Waals surface area contributed by atoms with Crippen LogP contribution in [0.2, 0.25) is 0 Å². The van der Waals surface area contributed by atoms with E-state index in [9.17, 15) is 0 Å². The normalized spacial score (nSPS) is 14.5. The van der Waals surface area contributed by atoms with E-state index < -0.39 is 0 Å². The van der Waals surface area contributed by atoms with Gasteiger partial charge in [0.05, 0.1) is 11.2 Å². The van der Waals surface area contributed by atoms with Crippen molar-refractivity contribution in [3.05, 3.63) is 30.0 Å². The summed E-state index contributed by atoms with van der Waals surface area (Å²) in [6.45, 7) is 0.921. The molecule has 17 heavy (non-hydrogen) atoms. The molecule has 84 valence electrons. The quantitative estimate of drug-likeness (QED) is 0.869. The molecule has 1 aromatic carbocycles. The molecule has 2 aromatic rings. The topological polar surface area (TPSA) is 61.6 Å². The highest BCUT2D eigenvalue weighted by Crippen LogP contribution is 2.30. The van der Waals surface area contributed by atoms with Gasteiger partial charge in [0, 0.05) is 11.9 Å². The lowest BCUT2D eigenvalue weighted by Crippen LogP contribution is -2.07. The fourth-order valence-corrected chi connectivity index (χ4v) is 1.88. The van der Waals surface area contributed by atoms with Crippen molar-refractivity contribution < 1.29 is 0 Å². The summed E-state index contributed by atoms with van der Waals surface area (Å²) in [7, 11) is 0. The lowest BCUT2D eigenvalue weighted by Gasteiger charge is -2.09. The van der Waals surface area contributed by atoms with E-state index in [0.717, 1.165) is 29.1 Å². The van der Waals surface area contributed by atoms with E-state index in [1.165, 1.54) is 12.8 Å². The molecule has 0 aliphatic heterocycles. The lowest BCUT2D eigenvalue weighted by molar-refractivity contribution is 0.886. The predicted molar refractivity (Wildman–Crippen MR) is 65.5 cm³/mol. The fraction of sp³-hybridized carbons (Fsp3) is 0.308. The molecule has 1 N–H and O–H groups in total. The number of rotatable bonds is 3. The monoisotopic (exact) mass is 224 g/mol. The van der Waals surface area contributed by atoms with E-state index in [-0.39, 0.29) is 0 Å². The number of anilines is 1. The summed E-state index contributed by atoms with van der Waals surface area (Å²) >= 11 is 0. The number of hydrogen-bond acceptors (Lipinski definition) is 4. The maximum absolute atomic E-state index is 9.07. The van der Waals surface area contributed by atoms with E-state index in [1.54, 1.807) is 0 Å². The fourth-order valence-electron chi connectivity index (χ4n) is 1.88. The molecule has 0 unspecified atom stereocenters. The van der Waals surface area contributed by atoms with Crippen molar-refractivity contribution in [3.63, 3.8) is 0 Å². The van der Waals surface area contributed by atoms with Crippen LogP contribution >= 0.6 is 0 Å². The number of nitrogens with one attached hydrogen (secondary N) is 1. The standard InChI is InChI=1S/C13H12N4/c14-7-12-13(15-8-9-5-6-9)10-3-1-2-4-11(10)16-17-12/h1-4,9H,5-6,8H2,(H,15,16). The SMILES string of the molecule is N#Cc1nnc2ccccc2c1NCC1CC1. The summed E-state index contributed by atoms with van der Waals surface area (Å²) in [5.74, 6) is 0.758. The number of fused-ring (bicyclic) bond motifs is 1. The Morgan fingerprint density at radius 1 is 1.29 bits per heavy atom. The van der Waals surface area contributed by atoms with Gasteiger partial charge >= 0.3 is 0 Å². The lowest BCUT2D eigenvalue weighted by atomic mass is 10.1. The van der Waals surface area contributed by atoms with Crippen molar-refractivity contribution in [2.45, 2.75) is 12.8 Å². The Bertz CT molecular complexity index is 596. The molecular weight excluding hydrogens is 212 g/mol. The zero-order valence-electron chi connectivity index (χ0n) is 9.35. The van der Waals surface area contributed by atoms with Crippen LogP contribution in [-0.4, -0.2) is 16.7 Å². The van der Waals surface area contributed by atoms with Crippen LogP contribution in [0.3, 0.4) is 0 Å². The third-order valence-corrected chi connectivity index (χ3v) is 3.04. The van der Waals surface area contributed by atoms with Crippen molar-refractivity contribution in [2.75, 3.05) is 11.9 Å². The van der Waals surface area contributed by atoms with E-state index in [0.29, 0.717) is 5.69 Å². The molecule has 0 atom stereocenters. The Morgan fingerprint density at radius 2 is 2.12 bits per heavy atom. The highest BCUT2D eigenvalue weighted by Gasteiger charge is 2.21. The number of aromatic nitrogens is 2. The molecule has 0 amide bonds. The molecule has 4 heteroatoms. The van der Waals surface area contributed by atoms with Crippen LogP contribution in [0.1, 0.15) is 18.5 Å². The molecule has 4 nitrogen and oxygen atoms in total. The van der Waals surface area contributed by atoms with Crippen LogP contribution in [-0.2, 0) is 0 Å². The van der Waals surface area contributed by atoms with Gasteiger partial charge in [0.2, 0.25) is 0 Å². The maximum atomic E-state index is 9.07. The van der Waals surface area contributed by atoms with Gasteiger partial charge in [-0.15, -0.1) is 10.2 Å². The Balaban J connectivity index is 2.06. The number of nitrogens with zero attached hydrogens (tertiary/aromatic N) is 3. The molecule has 1 heterocycles. The first-order valence-corrected chi connectivity index (χ1v) is 5.78. The number of hydrogen-bond donors (Lipinski definition) is 1. The van der Waals surface area contributed by atoms with Crippen LogP contribution in [0.5, 0.6) is 0 Å². The van der Waals surface area contributed by atoms with Gasteiger partial charge in [-0.05, 0) is 24.8 Å². The van der Waals surface area contributed by atoms with E-state index >= 15 is 0 Å². The van der Waals surface area contributed by atoms with Crippen molar-refractivity contribution in [1.29, 1.82) is 5.26 Å². The van der Waals surface area contributed by atoms with Crippen molar-refractivity contribution in [2.24, 2.45) is 5.92 Å². The maximum Gasteiger partial charge on any atom is 0.186 e. The van der Waals surface area contributed by atoms with Gasteiger partial charge in [0.1, 0.15) is 6.07 Å². The summed E-state index contributed by atoms with van der Waals surface area (Å²) < 4.78 is 0. The van der Waals surface area contributed by atoms with Crippen LogP contribution in [0.15, 0.2) is 24.3 Å². The van der Waals surface area contributed by atoms with E-state index in [2.05, 4.69) is 21.6 Å². The molecule has 3 rings (SSSR count). The average Bonchev–Trinajstić information content (AvgIpc) is 3.19. The third-order valence-electron chi connectivity index (χ3n) is 3.04. The third kappa shape index (κ3) is 1.92. The number of nitriles is 1. The second kappa shape index (κ2) is 4.02. The molecule has 0 saturated heterocycles. The first-order chi connectivity index (χ1) is 8.38. The van der Waals surface area contributed by atoms with Crippen LogP contribution in [0.4, 0.5) is 5.69 Å². The van der Waals surface area contributed by atoms with Gasteiger partial charge in [-0.1, -0.05) is 18.2 Å². The Morgan fingerprint density at radius 3 is 2.88 bits per heavy atom. The molecule has 1 fully saturated rings. The molecule has 1 aliphatic carbocycles. The minimum absolute atomic E-state index is 0.379. The Labute approximate surface area is 99.3 Å². The minimum Gasteiger partial charge on any atom is -0.382 e. The highest BCUT2D eigenvalue weighted by atomic mass is 15.1. The van der Waals surface area contributed by atoms with Gasteiger partial charge in [-0.3, -0.25) is 0 Å². The first-order valence-electron chi connectivity index (χ1n) is 5.78. The van der Waals surface area contributed by atoms with Gasteiger partial charge < -0.3 is 5.32 Å². The van der Waals surface area contributed by atoms with Gasteiger partial charge in [-0.2, -0.15) is 5.26 Å². The van der Waals surface area contributed by atoms with Crippen molar-refractivity contribution in [3.8, 4) is 6.07 Å². The Kier molecular flexibility index (Phi) is 2.37. The molecule has 0 spiro atoms. The summed E-state index contributed by atoms with van der Waals surface area (Å²) in [6, 6.07) is 9.85. The smallest absolute Gasteiger partial charge is 0.186 e. The van der Waals surface area contributed by atoms with Crippen LogP contribution in [0, 0.1) is 17.2 Å². The van der Waals surface area contributed by atoms with Gasteiger partial charge in [0.15, 0.2) is 5.69 Å².